The van der Waals surface area contributed by atoms with Crippen molar-refractivity contribution >= 4 is 35.1 Å². The molecular formula is C16H19ClN4O2. The largest absolute Gasteiger partial charge is 0.352 e. The molecule has 0 atom stereocenters. The van der Waals surface area contributed by atoms with Crippen LogP contribution in [0.3, 0.4) is 0 Å². The predicted molar refractivity (Wildman–Crippen MR) is 90.2 cm³/mol. The summed E-state index contributed by atoms with van der Waals surface area (Å²) in [6, 6.07) is 5.14. The molecule has 1 aromatic rings. The molecule has 3 amide bonds. The number of nitrogens with one attached hydrogen (secondary N) is 1. The van der Waals surface area contributed by atoms with Gasteiger partial charge in [-0.25, -0.2) is 4.79 Å². The van der Waals surface area contributed by atoms with Crippen LogP contribution in [-0.4, -0.2) is 48.3 Å². The van der Waals surface area contributed by atoms with E-state index < -0.39 is 0 Å². The summed E-state index contributed by atoms with van der Waals surface area (Å²) in [5.41, 5.74) is 1.48. The van der Waals surface area contributed by atoms with E-state index in [0.29, 0.717) is 29.6 Å². The van der Waals surface area contributed by atoms with Crippen LogP contribution in [0.15, 0.2) is 23.2 Å². The Morgan fingerprint density at radius 2 is 2.22 bits per heavy atom. The molecule has 2 aliphatic heterocycles. The van der Waals surface area contributed by atoms with Crippen molar-refractivity contribution < 1.29 is 9.59 Å². The quantitative estimate of drug-likeness (QED) is 0.921. The van der Waals surface area contributed by atoms with E-state index in [4.69, 9.17) is 11.6 Å². The predicted octanol–water partition coefficient (Wildman–Crippen LogP) is 2.26. The van der Waals surface area contributed by atoms with Gasteiger partial charge in [0.2, 0.25) is 5.91 Å². The Balaban J connectivity index is 2.00. The van der Waals surface area contributed by atoms with Crippen LogP contribution in [0.2, 0.25) is 5.02 Å². The number of fused-ring (bicyclic) bond motifs is 3. The maximum atomic E-state index is 12.8. The first-order chi connectivity index (χ1) is 11.0. The summed E-state index contributed by atoms with van der Waals surface area (Å²) in [7, 11) is 0. The van der Waals surface area contributed by atoms with Gasteiger partial charge in [0, 0.05) is 29.7 Å². The highest BCUT2D eigenvalue weighted by Crippen LogP contribution is 2.32. The highest BCUT2D eigenvalue weighted by atomic mass is 35.5. The number of halogens is 1. The summed E-state index contributed by atoms with van der Waals surface area (Å²) in [6.45, 7) is 5.05. The van der Waals surface area contributed by atoms with Crippen LogP contribution in [0.5, 0.6) is 0 Å². The number of aliphatic imine (C=N–C) groups is 1. The van der Waals surface area contributed by atoms with Crippen molar-refractivity contribution in [2.45, 2.75) is 26.3 Å². The molecule has 0 spiro atoms. The molecule has 23 heavy (non-hydrogen) atoms. The van der Waals surface area contributed by atoms with Crippen molar-refractivity contribution in [1.29, 1.82) is 0 Å². The third-order valence-corrected chi connectivity index (χ3v) is 4.00. The molecule has 0 fully saturated rings. The molecule has 6 nitrogen and oxygen atoms in total. The second kappa shape index (κ2) is 6.20. The summed E-state index contributed by atoms with van der Waals surface area (Å²) in [4.78, 5) is 32.5. The Labute approximate surface area is 140 Å². The van der Waals surface area contributed by atoms with Gasteiger partial charge in [-0.2, -0.15) is 0 Å². The van der Waals surface area contributed by atoms with Gasteiger partial charge in [0.1, 0.15) is 12.4 Å². The van der Waals surface area contributed by atoms with Gasteiger partial charge in [-0.05, 0) is 38.5 Å². The van der Waals surface area contributed by atoms with Gasteiger partial charge in [-0.3, -0.25) is 19.6 Å². The number of benzene rings is 1. The first-order valence-corrected chi connectivity index (χ1v) is 8.08. The number of anilines is 1. The second-order valence-corrected chi connectivity index (χ2v) is 6.40. The smallest absolute Gasteiger partial charge is 0.330 e. The molecule has 0 saturated carbocycles. The average Bonchev–Trinajstić information content (AvgIpc) is 2.50. The van der Waals surface area contributed by atoms with Crippen LogP contribution in [0.1, 0.15) is 25.8 Å². The summed E-state index contributed by atoms with van der Waals surface area (Å²) in [5.74, 6) is 0.477. The lowest BCUT2D eigenvalue weighted by atomic mass is 10.1. The highest BCUT2D eigenvalue weighted by Gasteiger charge is 2.37. The van der Waals surface area contributed by atoms with Crippen molar-refractivity contribution in [3.63, 3.8) is 0 Å². The molecule has 7 heteroatoms. The minimum absolute atomic E-state index is 0.0216. The van der Waals surface area contributed by atoms with E-state index >= 15 is 0 Å². The SMILES string of the molecule is CC(C)NC(=O)CN1C(=O)N2CCCN=C2c2ccc(Cl)cc21. The van der Waals surface area contributed by atoms with Crippen LogP contribution in [0.25, 0.3) is 0 Å². The van der Waals surface area contributed by atoms with E-state index in [1.54, 1.807) is 17.0 Å². The molecule has 122 valence electrons. The highest BCUT2D eigenvalue weighted by molar-refractivity contribution is 6.31. The number of hydrogen-bond acceptors (Lipinski definition) is 3. The molecule has 0 unspecified atom stereocenters. The van der Waals surface area contributed by atoms with Crippen LogP contribution in [0, 0.1) is 0 Å². The number of hydrogen-bond donors (Lipinski definition) is 1. The third-order valence-electron chi connectivity index (χ3n) is 3.76. The van der Waals surface area contributed by atoms with E-state index in [9.17, 15) is 9.59 Å². The number of amidine groups is 1. The van der Waals surface area contributed by atoms with E-state index in [0.717, 1.165) is 12.0 Å². The Kier molecular flexibility index (Phi) is 4.26. The van der Waals surface area contributed by atoms with Gasteiger partial charge >= 0.3 is 6.03 Å². The first-order valence-electron chi connectivity index (χ1n) is 7.70. The molecule has 0 radical (unpaired) electrons. The Morgan fingerprint density at radius 3 is 2.96 bits per heavy atom. The Hall–Kier alpha value is -2.08. The molecule has 2 aliphatic rings. The molecule has 2 heterocycles. The molecule has 0 aromatic heterocycles. The zero-order valence-corrected chi connectivity index (χ0v) is 13.9. The summed E-state index contributed by atoms with van der Waals surface area (Å²) >= 11 is 6.09. The van der Waals surface area contributed by atoms with E-state index in [-0.39, 0.29) is 24.5 Å². The molecule has 0 aliphatic carbocycles. The fourth-order valence-corrected chi connectivity index (χ4v) is 3.02. The minimum atomic E-state index is -0.225. The number of amides is 3. The standard InChI is InChI=1S/C16H19ClN4O2/c1-10(2)19-14(22)9-21-13-8-11(17)4-5-12(13)15-18-6-3-7-20(15)16(21)23/h4-5,8,10H,3,6-7,9H2,1-2H3,(H,19,22). The number of carbonyl (C=O) groups excluding carboxylic acids is 2. The maximum absolute atomic E-state index is 12.8. The molecule has 1 N–H and O–H groups in total. The Bertz CT molecular complexity index is 687. The van der Waals surface area contributed by atoms with Crippen LogP contribution < -0.4 is 10.2 Å². The number of nitrogens with zero attached hydrogens (tertiary/aromatic N) is 3. The molecule has 1 aromatic carbocycles. The number of carbonyl (C=O) groups is 2. The fraction of sp³-hybridized carbons (Fsp3) is 0.438. The maximum Gasteiger partial charge on any atom is 0.330 e. The zero-order valence-electron chi connectivity index (χ0n) is 13.2. The van der Waals surface area contributed by atoms with Crippen molar-refractivity contribution in [2.75, 3.05) is 24.5 Å². The number of urea groups is 1. The van der Waals surface area contributed by atoms with Crippen molar-refractivity contribution in [3.05, 3.63) is 28.8 Å². The lowest BCUT2D eigenvalue weighted by Gasteiger charge is -2.39. The van der Waals surface area contributed by atoms with Gasteiger partial charge in [0.25, 0.3) is 0 Å². The molecule has 3 rings (SSSR count). The number of rotatable bonds is 3. The summed E-state index contributed by atoms with van der Waals surface area (Å²) < 4.78 is 0. The van der Waals surface area contributed by atoms with Gasteiger partial charge in [0.05, 0.1) is 5.69 Å². The van der Waals surface area contributed by atoms with Crippen LogP contribution >= 0.6 is 11.6 Å². The monoisotopic (exact) mass is 334 g/mol. The van der Waals surface area contributed by atoms with Crippen molar-refractivity contribution in [2.24, 2.45) is 4.99 Å². The van der Waals surface area contributed by atoms with E-state index in [2.05, 4.69) is 10.3 Å². The van der Waals surface area contributed by atoms with Crippen LogP contribution in [-0.2, 0) is 4.79 Å². The average molecular weight is 335 g/mol. The van der Waals surface area contributed by atoms with Crippen molar-refractivity contribution in [1.82, 2.24) is 10.2 Å². The van der Waals surface area contributed by atoms with Gasteiger partial charge in [-0.15, -0.1) is 0 Å². The normalized spacial score (nSPS) is 16.9. The van der Waals surface area contributed by atoms with Gasteiger partial charge in [-0.1, -0.05) is 11.6 Å². The van der Waals surface area contributed by atoms with E-state index in [1.165, 1.54) is 4.90 Å². The van der Waals surface area contributed by atoms with Gasteiger partial charge < -0.3 is 5.32 Å². The van der Waals surface area contributed by atoms with E-state index in [1.807, 2.05) is 19.9 Å². The summed E-state index contributed by atoms with van der Waals surface area (Å²) in [6.07, 6.45) is 0.824. The van der Waals surface area contributed by atoms with Crippen LogP contribution in [0.4, 0.5) is 10.5 Å². The molecule has 0 bridgehead atoms. The second-order valence-electron chi connectivity index (χ2n) is 5.96. The molecule has 0 saturated heterocycles. The molecular weight excluding hydrogens is 316 g/mol. The fourth-order valence-electron chi connectivity index (χ4n) is 2.85. The summed E-state index contributed by atoms with van der Waals surface area (Å²) in [5, 5.41) is 3.34. The Morgan fingerprint density at radius 1 is 1.43 bits per heavy atom. The lowest BCUT2D eigenvalue weighted by Crippen LogP contribution is -2.55. The first kappa shape index (κ1) is 15.8. The van der Waals surface area contributed by atoms with Crippen molar-refractivity contribution in [3.8, 4) is 0 Å². The third kappa shape index (κ3) is 3.03. The van der Waals surface area contributed by atoms with Gasteiger partial charge in [0.15, 0.2) is 0 Å². The lowest BCUT2D eigenvalue weighted by molar-refractivity contribution is -0.120. The minimum Gasteiger partial charge on any atom is -0.352 e. The zero-order chi connectivity index (χ0) is 16.6. The topological polar surface area (TPSA) is 65.0 Å².